The van der Waals surface area contributed by atoms with Crippen molar-refractivity contribution >= 4 is 11.4 Å². The van der Waals surface area contributed by atoms with E-state index in [2.05, 4.69) is 24.2 Å². The molecule has 0 aliphatic carbocycles. The molecule has 4 heteroatoms. The lowest BCUT2D eigenvalue weighted by Gasteiger charge is -2.25. The van der Waals surface area contributed by atoms with Gasteiger partial charge in [-0.25, -0.2) is 4.39 Å². The second kappa shape index (κ2) is 5.66. The monoisotopic (exact) mass is 283 g/mol. The van der Waals surface area contributed by atoms with Gasteiger partial charge in [-0.2, -0.15) is 5.10 Å². The molecule has 2 aromatic rings. The Bertz CT molecular complexity index is 664. The maximum absolute atomic E-state index is 13.1. The van der Waals surface area contributed by atoms with Crippen molar-refractivity contribution in [3.8, 4) is 0 Å². The highest BCUT2D eigenvalue weighted by Gasteiger charge is 2.29. The van der Waals surface area contributed by atoms with Gasteiger partial charge in [-0.3, -0.25) is 5.01 Å². The van der Waals surface area contributed by atoms with E-state index in [1.54, 1.807) is 0 Å². The Labute approximate surface area is 123 Å². The normalized spacial score (nSPS) is 18.0. The van der Waals surface area contributed by atoms with Crippen molar-refractivity contribution in [1.82, 2.24) is 0 Å². The van der Waals surface area contributed by atoms with Crippen LogP contribution in [0, 0.1) is 12.7 Å². The second-order valence-electron chi connectivity index (χ2n) is 5.27. The van der Waals surface area contributed by atoms with Crippen LogP contribution in [-0.2, 0) is 0 Å². The molecule has 0 aromatic heterocycles. The van der Waals surface area contributed by atoms with Crippen LogP contribution in [0.4, 0.5) is 10.1 Å². The summed E-state index contributed by atoms with van der Waals surface area (Å²) >= 11 is 0. The van der Waals surface area contributed by atoms with E-state index in [-0.39, 0.29) is 11.9 Å². The molecule has 108 valence electrons. The van der Waals surface area contributed by atoms with E-state index < -0.39 is 0 Å². The number of benzene rings is 2. The fourth-order valence-corrected chi connectivity index (χ4v) is 2.68. The molecule has 0 bridgehead atoms. The highest BCUT2D eigenvalue weighted by molar-refractivity contribution is 5.90. The number of nitrogens with two attached hydrogens (primary N) is 1. The summed E-state index contributed by atoms with van der Waals surface area (Å²) in [5.74, 6) is -0.223. The molecule has 2 aromatic carbocycles. The number of aryl methyl sites for hydroxylation is 1. The van der Waals surface area contributed by atoms with Gasteiger partial charge in [-0.05, 0) is 36.2 Å². The summed E-state index contributed by atoms with van der Waals surface area (Å²) in [7, 11) is 0. The van der Waals surface area contributed by atoms with Crippen LogP contribution in [0.15, 0.2) is 53.6 Å². The molecule has 0 radical (unpaired) electrons. The zero-order valence-corrected chi connectivity index (χ0v) is 12.0. The lowest BCUT2D eigenvalue weighted by atomic mass is 10.0. The maximum Gasteiger partial charge on any atom is 0.123 e. The number of halogens is 1. The molecule has 1 heterocycles. The van der Waals surface area contributed by atoms with E-state index >= 15 is 0 Å². The van der Waals surface area contributed by atoms with Crippen molar-refractivity contribution in [2.45, 2.75) is 19.4 Å². The van der Waals surface area contributed by atoms with E-state index in [1.807, 2.05) is 29.3 Å². The van der Waals surface area contributed by atoms with E-state index in [0.717, 1.165) is 28.9 Å². The van der Waals surface area contributed by atoms with Crippen LogP contribution in [0.2, 0.25) is 0 Å². The molecule has 3 rings (SSSR count). The molecule has 1 aliphatic heterocycles. The Balaban J connectivity index is 2.00. The molecule has 0 fully saturated rings. The zero-order chi connectivity index (χ0) is 14.8. The van der Waals surface area contributed by atoms with Crippen molar-refractivity contribution in [2.24, 2.45) is 10.8 Å². The summed E-state index contributed by atoms with van der Waals surface area (Å²) < 4.78 is 13.1. The third-order valence-corrected chi connectivity index (χ3v) is 3.83. The van der Waals surface area contributed by atoms with Crippen LogP contribution < -0.4 is 10.7 Å². The lowest BCUT2D eigenvalue weighted by Crippen LogP contribution is -2.19. The fourth-order valence-electron chi connectivity index (χ4n) is 2.68. The summed E-state index contributed by atoms with van der Waals surface area (Å²) in [6.45, 7) is 2.51. The Kier molecular flexibility index (Phi) is 3.71. The predicted molar refractivity (Wildman–Crippen MR) is 83.9 cm³/mol. The summed E-state index contributed by atoms with van der Waals surface area (Å²) in [6, 6.07) is 14.8. The van der Waals surface area contributed by atoms with Gasteiger partial charge in [-0.15, -0.1) is 0 Å². The molecule has 1 aliphatic rings. The molecule has 0 amide bonds. The molecule has 0 saturated carbocycles. The van der Waals surface area contributed by atoms with Gasteiger partial charge in [-0.1, -0.05) is 30.3 Å². The molecule has 21 heavy (non-hydrogen) atoms. The standard InChI is InChI=1S/C17H18FN3/c1-12-4-2-3-5-16(12)21-17(10-15(11-19)20-21)13-6-8-14(18)9-7-13/h2-9,17H,10-11,19H2,1H3. The Morgan fingerprint density at radius 2 is 1.90 bits per heavy atom. The second-order valence-corrected chi connectivity index (χ2v) is 5.27. The predicted octanol–water partition coefficient (Wildman–Crippen LogP) is 3.40. The van der Waals surface area contributed by atoms with Crippen molar-refractivity contribution < 1.29 is 4.39 Å². The van der Waals surface area contributed by atoms with Crippen LogP contribution >= 0.6 is 0 Å². The minimum absolute atomic E-state index is 0.0743. The molecule has 0 saturated heterocycles. The van der Waals surface area contributed by atoms with Crippen molar-refractivity contribution in [3.05, 3.63) is 65.5 Å². The van der Waals surface area contributed by atoms with Crippen molar-refractivity contribution in [1.29, 1.82) is 0 Å². The first kappa shape index (κ1) is 13.8. The third-order valence-electron chi connectivity index (χ3n) is 3.83. The molecule has 2 N–H and O–H groups in total. The number of nitrogens with zero attached hydrogens (tertiary/aromatic N) is 2. The highest BCUT2D eigenvalue weighted by Crippen LogP contribution is 2.36. The Morgan fingerprint density at radius 3 is 2.57 bits per heavy atom. The lowest BCUT2D eigenvalue weighted by molar-refractivity contribution is 0.624. The van der Waals surface area contributed by atoms with Gasteiger partial charge < -0.3 is 5.73 Å². The minimum Gasteiger partial charge on any atom is -0.325 e. The number of hydrazone groups is 1. The summed E-state index contributed by atoms with van der Waals surface area (Å²) in [4.78, 5) is 0. The molecule has 1 atom stereocenters. The number of rotatable bonds is 3. The van der Waals surface area contributed by atoms with E-state index in [1.165, 1.54) is 12.1 Å². The third kappa shape index (κ3) is 2.67. The quantitative estimate of drug-likeness (QED) is 0.938. The van der Waals surface area contributed by atoms with E-state index in [0.29, 0.717) is 6.54 Å². The number of hydrogen-bond donors (Lipinski definition) is 1. The average Bonchev–Trinajstić information content (AvgIpc) is 2.92. The maximum atomic E-state index is 13.1. The van der Waals surface area contributed by atoms with Crippen LogP contribution in [0.3, 0.4) is 0 Å². The number of hydrogen-bond acceptors (Lipinski definition) is 3. The van der Waals surface area contributed by atoms with Gasteiger partial charge in [0.15, 0.2) is 0 Å². The van der Waals surface area contributed by atoms with Crippen LogP contribution in [0.5, 0.6) is 0 Å². The number of anilines is 1. The van der Waals surface area contributed by atoms with Gasteiger partial charge in [0.25, 0.3) is 0 Å². The molecular formula is C17H18FN3. The fraction of sp³-hybridized carbons (Fsp3) is 0.235. The highest BCUT2D eigenvalue weighted by atomic mass is 19.1. The molecule has 0 spiro atoms. The van der Waals surface area contributed by atoms with E-state index in [4.69, 9.17) is 5.73 Å². The van der Waals surface area contributed by atoms with Crippen LogP contribution in [-0.4, -0.2) is 12.3 Å². The van der Waals surface area contributed by atoms with Crippen molar-refractivity contribution in [3.63, 3.8) is 0 Å². The summed E-state index contributed by atoms with van der Waals surface area (Å²) in [5, 5.41) is 6.65. The van der Waals surface area contributed by atoms with Crippen molar-refractivity contribution in [2.75, 3.05) is 11.6 Å². The minimum atomic E-state index is -0.223. The average molecular weight is 283 g/mol. The summed E-state index contributed by atoms with van der Waals surface area (Å²) in [6.07, 6.45) is 0.774. The smallest absolute Gasteiger partial charge is 0.123 e. The van der Waals surface area contributed by atoms with Gasteiger partial charge in [0, 0.05) is 13.0 Å². The first-order chi connectivity index (χ1) is 10.2. The molecular weight excluding hydrogens is 265 g/mol. The Hall–Kier alpha value is -2.20. The van der Waals surface area contributed by atoms with Gasteiger partial charge in [0.2, 0.25) is 0 Å². The van der Waals surface area contributed by atoms with E-state index in [9.17, 15) is 4.39 Å². The van der Waals surface area contributed by atoms with Crippen LogP contribution in [0.25, 0.3) is 0 Å². The van der Waals surface area contributed by atoms with Crippen LogP contribution in [0.1, 0.15) is 23.6 Å². The molecule has 3 nitrogen and oxygen atoms in total. The van der Waals surface area contributed by atoms with Gasteiger partial charge in [0.1, 0.15) is 5.82 Å². The Morgan fingerprint density at radius 1 is 1.19 bits per heavy atom. The number of para-hydroxylation sites is 1. The first-order valence-corrected chi connectivity index (χ1v) is 7.06. The largest absolute Gasteiger partial charge is 0.325 e. The topological polar surface area (TPSA) is 41.6 Å². The SMILES string of the molecule is Cc1ccccc1N1N=C(CN)CC1c1ccc(F)cc1. The first-order valence-electron chi connectivity index (χ1n) is 7.06. The van der Waals surface area contributed by atoms with Gasteiger partial charge >= 0.3 is 0 Å². The zero-order valence-electron chi connectivity index (χ0n) is 12.0. The molecule has 1 unspecified atom stereocenters. The van der Waals surface area contributed by atoms with Gasteiger partial charge in [0.05, 0.1) is 17.4 Å². The summed E-state index contributed by atoms with van der Waals surface area (Å²) in [5.41, 5.74) is 10.00.